The maximum absolute atomic E-state index is 13.3. The van der Waals surface area contributed by atoms with Crippen LogP contribution in [0, 0.1) is 12.7 Å². The summed E-state index contributed by atoms with van der Waals surface area (Å²) in [6.07, 6.45) is 2.75. The second-order valence-corrected chi connectivity index (χ2v) is 8.26. The lowest BCUT2D eigenvalue weighted by Gasteiger charge is -2.35. The molecule has 3 amide bonds. The van der Waals surface area contributed by atoms with Gasteiger partial charge in [-0.15, -0.1) is 0 Å². The van der Waals surface area contributed by atoms with Crippen LogP contribution in [0.25, 0.3) is 0 Å². The fourth-order valence-corrected chi connectivity index (χ4v) is 4.28. The van der Waals surface area contributed by atoms with Crippen molar-refractivity contribution in [3.05, 3.63) is 52.7 Å². The van der Waals surface area contributed by atoms with Gasteiger partial charge in [-0.3, -0.25) is 19.3 Å². The Bertz CT molecular complexity index is 1060. The third-order valence-corrected chi connectivity index (χ3v) is 5.96. The fourth-order valence-electron chi connectivity index (χ4n) is 4.28. The van der Waals surface area contributed by atoms with Crippen LogP contribution >= 0.6 is 0 Å². The summed E-state index contributed by atoms with van der Waals surface area (Å²) >= 11 is 0. The Hall–Kier alpha value is -3.36. The first kappa shape index (κ1) is 21.9. The Labute approximate surface area is 185 Å². The molecule has 1 saturated heterocycles. The number of rotatable bonds is 5. The van der Waals surface area contributed by atoms with Gasteiger partial charge >= 0.3 is 0 Å². The molecular weight excluding hydrogens is 413 g/mol. The van der Waals surface area contributed by atoms with Gasteiger partial charge < -0.3 is 10.2 Å². The highest BCUT2D eigenvalue weighted by molar-refractivity contribution is 6.00. The Balaban J connectivity index is 1.63. The van der Waals surface area contributed by atoms with Crippen LogP contribution < -0.4 is 10.2 Å². The number of aromatic nitrogens is 2. The quantitative estimate of drug-likeness (QED) is 0.771. The van der Waals surface area contributed by atoms with Gasteiger partial charge in [-0.2, -0.15) is 0 Å². The van der Waals surface area contributed by atoms with Gasteiger partial charge in [-0.1, -0.05) is 12.1 Å². The van der Waals surface area contributed by atoms with Crippen LogP contribution in [0.2, 0.25) is 0 Å². The molecule has 4 rings (SSSR count). The van der Waals surface area contributed by atoms with Crippen LogP contribution in [0.1, 0.15) is 54.9 Å². The number of nitrogens with zero attached hydrogens (tertiary/aromatic N) is 4. The molecule has 1 N–H and O–H groups in total. The molecule has 2 aliphatic rings. The number of halogens is 1. The predicted octanol–water partition coefficient (Wildman–Crippen LogP) is 2.20. The van der Waals surface area contributed by atoms with E-state index in [1.54, 1.807) is 21.9 Å². The van der Waals surface area contributed by atoms with E-state index < -0.39 is 0 Å². The van der Waals surface area contributed by atoms with E-state index in [-0.39, 0.29) is 49.1 Å². The first-order valence-electron chi connectivity index (χ1n) is 10.8. The smallest absolute Gasteiger partial charge is 0.242 e. The zero-order chi connectivity index (χ0) is 22.8. The van der Waals surface area contributed by atoms with Crippen molar-refractivity contribution in [3.63, 3.8) is 0 Å². The second kappa shape index (κ2) is 9.02. The highest BCUT2D eigenvalue weighted by atomic mass is 19.1. The molecule has 0 radical (unpaired) electrons. The first-order valence-corrected chi connectivity index (χ1v) is 10.8. The highest BCUT2D eigenvalue weighted by Gasteiger charge is 2.35. The van der Waals surface area contributed by atoms with Crippen molar-refractivity contribution < 1.29 is 18.8 Å². The minimum absolute atomic E-state index is 0.0645. The number of aryl methyl sites for hydroxylation is 1. The molecule has 0 saturated carbocycles. The highest BCUT2D eigenvalue weighted by Crippen LogP contribution is 2.35. The van der Waals surface area contributed by atoms with Crippen LogP contribution in [0.15, 0.2) is 24.3 Å². The largest absolute Gasteiger partial charge is 0.347 e. The summed E-state index contributed by atoms with van der Waals surface area (Å²) in [6.45, 7) is 4.02. The van der Waals surface area contributed by atoms with Crippen LogP contribution in [0.3, 0.4) is 0 Å². The molecule has 0 unspecified atom stereocenters. The van der Waals surface area contributed by atoms with E-state index in [0.29, 0.717) is 18.2 Å². The van der Waals surface area contributed by atoms with E-state index in [1.165, 1.54) is 19.1 Å². The molecular formula is C23H26FN5O3. The molecule has 1 aromatic carbocycles. The van der Waals surface area contributed by atoms with Gasteiger partial charge in [0.25, 0.3) is 0 Å². The van der Waals surface area contributed by atoms with Gasteiger partial charge in [0, 0.05) is 24.7 Å². The molecule has 9 heteroatoms. The second-order valence-electron chi connectivity index (χ2n) is 8.26. The van der Waals surface area contributed by atoms with Crippen LogP contribution in [0.4, 0.5) is 10.2 Å². The first-order chi connectivity index (χ1) is 15.3. The average molecular weight is 439 g/mol. The molecule has 0 spiro atoms. The molecule has 3 heterocycles. The summed E-state index contributed by atoms with van der Waals surface area (Å²) < 4.78 is 13.3. The number of anilines is 1. The molecule has 0 aliphatic carbocycles. The van der Waals surface area contributed by atoms with Crippen molar-refractivity contribution in [2.24, 2.45) is 0 Å². The summed E-state index contributed by atoms with van der Waals surface area (Å²) in [6, 6.07) is 5.73. The number of likely N-dealkylation sites (tertiary alicyclic amines) is 1. The number of benzene rings is 1. The zero-order valence-electron chi connectivity index (χ0n) is 18.2. The molecule has 0 bridgehead atoms. The number of fused-ring (bicyclic) bond motifs is 1. The molecule has 168 valence electrons. The lowest BCUT2D eigenvalue weighted by molar-refractivity contribution is -0.136. The number of hydrogen-bond acceptors (Lipinski definition) is 5. The maximum Gasteiger partial charge on any atom is 0.242 e. The number of nitrogens with one attached hydrogen (secondary N) is 1. The van der Waals surface area contributed by atoms with Gasteiger partial charge in [-0.25, -0.2) is 14.4 Å². The molecule has 1 atom stereocenters. The topological polar surface area (TPSA) is 95.5 Å². The third kappa shape index (κ3) is 4.46. The number of hydrogen-bond donors (Lipinski definition) is 1. The zero-order valence-corrected chi connectivity index (χ0v) is 18.2. The Morgan fingerprint density at radius 3 is 2.66 bits per heavy atom. The van der Waals surface area contributed by atoms with Crippen molar-refractivity contribution in [1.82, 2.24) is 20.2 Å². The standard InChI is InChI=1S/C23H26FN5O3/c1-14-18-11-20(31)29(13-16-6-8-17(24)9-7-16)23(18)27-22(26-14)19-5-3-4-10-28(19)21(32)12-25-15(2)30/h6-9,19H,3-5,10-13H2,1-2H3,(H,25,30)/t19-/m0/s1. The summed E-state index contributed by atoms with van der Waals surface area (Å²) in [5.74, 6) is 0.222. The van der Waals surface area contributed by atoms with E-state index in [1.807, 2.05) is 6.92 Å². The van der Waals surface area contributed by atoms with Gasteiger partial charge in [0.15, 0.2) is 5.82 Å². The van der Waals surface area contributed by atoms with Crippen LogP contribution in [-0.4, -0.2) is 45.7 Å². The summed E-state index contributed by atoms with van der Waals surface area (Å²) in [5.41, 5.74) is 2.31. The van der Waals surface area contributed by atoms with Gasteiger partial charge in [0.2, 0.25) is 17.7 Å². The lowest BCUT2D eigenvalue weighted by atomic mass is 10.0. The maximum atomic E-state index is 13.3. The van der Waals surface area contributed by atoms with Gasteiger partial charge in [-0.05, 0) is 43.9 Å². The Kier molecular flexibility index (Phi) is 6.16. The monoisotopic (exact) mass is 439 g/mol. The summed E-state index contributed by atoms with van der Waals surface area (Å²) in [5, 5.41) is 2.56. The van der Waals surface area contributed by atoms with Crippen LogP contribution in [0.5, 0.6) is 0 Å². The molecule has 1 fully saturated rings. The van der Waals surface area contributed by atoms with E-state index in [4.69, 9.17) is 4.98 Å². The van der Waals surface area contributed by atoms with Crippen molar-refractivity contribution in [2.75, 3.05) is 18.0 Å². The number of amides is 3. The summed E-state index contributed by atoms with van der Waals surface area (Å²) in [4.78, 5) is 49.5. The molecule has 2 aromatic rings. The minimum atomic E-state index is -0.330. The molecule has 8 nitrogen and oxygen atoms in total. The Morgan fingerprint density at radius 2 is 1.94 bits per heavy atom. The summed E-state index contributed by atoms with van der Waals surface area (Å²) in [7, 11) is 0. The predicted molar refractivity (Wildman–Crippen MR) is 115 cm³/mol. The van der Waals surface area contributed by atoms with Crippen molar-refractivity contribution in [1.29, 1.82) is 0 Å². The average Bonchev–Trinajstić information content (AvgIpc) is 3.09. The number of carbonyl (C=O) groups is 3. The molecule has 32 heavy (non-hydrogen) atoms. The van der Waals surface area contributed by atoms with Crippen molar-refractivity contribution in [2.45, 2.75) is 52.1 Å². The Morgan fingerprint density at radius 1 is 1.19 bits per heavy atom. The van der Waals surface area contributed by atoms with Crippen LogP contribution in [-0.2, 0) is 27.3 Å². The normalized spacial score (nSPS) is 18.0. The lowest BCUT2D eigenvalue weighted by Crippen LogP contribution is -2.44. The van der Waals surface area contributed by atoms with Crippen molar-refractivity contribution in [3.8, 4) is 0 Å². The van der Waals surface area contributed by atoms with E-state index in [2.05, 4.69) is 10.3 Å². The van der Waals surface area contributed by atoms with E-state index in [0.717, 1.165) is 36.1 Å². The minimum Gasteiger partial charge on any atom is -0.347 e. The van der Waals surface area contributed by atoms with E-state index in [9.17, 15) is 18.8 Å². The number of carbonyl (C=O) groups excluding carboxylic acids is 3. The molecule has 2 aliphatic heterocycles. The number of piperidine rings is 1. The fraction of sp³-hybridized carbons (Fsp3) is 0.435. The van der Waals surface area contributed by atoms with E-state index >= 15 is 0 Å². The van der Waals surface area contributed by atoms with Gasteiger partial charge in [0.1, 0.15) is 11.6 Å². The van der Waals surface area contributed by atoms with Crippen molar-refractivity contribution >= 4 is 23.5 Å². The van der Waals surface area contributed by atoms with Gasteiger partial charge in [0.05, 0.1) is 25.6 Å². The third-order valence-electron chi connectivity index (χ3n) is 5.96. The molecule has 1 aromatic heterocycles. The SMILES string of the molecule is CC(=O)NCC(=O)N1CCCC[C@H]1c1nc(C)c2c(n1)N(Cc1ccc(F)cc1)C(=O)C2.